The molecule has 1 aromatic heterocycles. The Hall–Kier alpha value is -3.02. The molecule has 0 amide bonds. The zero-order chi connectivity index (χ0) is 25.1. The fourth-order valence-corrected chi connectivity index (χ4v) is 5.57. The highest BCUT2D eigenvalue weighted by molar-refractivity contribution is 9.10. The van der Waals surface area contributed by atoms with E-state index in [2.05, 4.69) is 125 Å². The Morgan fingerprint density at radius 2 is 1.83 bits per heavy atom. The summed E-state index contributed by atoms with van der Waals surface area (Å²) < 4.78 is 1.10. The van der Waals surface area contributed by atoms with Crippen molar-refractivity contribution in [1.82, 2.24) is 14.9 Å². The first-order valence-corrected chi connectivity index (χ1v) is 13.6. The van der Waals surface area contributed by atoms with Crippen molar-refractivity contribution in [2.75, 3.05) is 18.4 Å². The van der Waals surface area contributed by atoms with Crippen LogP contribution in [0, 0.1) is 0 Å². The van der Waals surface area contributed by atoms with E-state index in [0.717, 1.165) is 41.8 Å². The Kier molecular flexibility index (Phi) is 7.49. The average molecular weight is 542 g/mol. The summed E-state index contributed by atoms with van der Waals surface area (Å²) in [7, 11) is 0. The fraction of sp³-hybridized carbons (Fsp3) is 0.290. The molecule has 0 saturated heterocycles. The van der Waals surface area contributed by atoms with Gasteiger partial charge in [0.2, 0.25) is 5.95 Å². The van der Waals surface area contributed by atoms with Crippen molar-refractivity contribution in [3.05, 3.63) is 106 Å². The van der Waals surface area contributed by atoms with Crippen LogP contribution in [0.2, 0.25) is 0 Å². The minimum absolute atomic E-state index is 0.292. The number of nitrogens with zero attached hydrogens (tertiary/aromatic N) is 3. The number of hydrogen-bond donors (Lipinski definition) is 1. The summed E-state index contributed by atoms with van der Waals surface area (Å²) in [6, 6.07) is 26.5. The maximum Gasteiger partial charge on any atom is 0.227 e. The van der Waals surface area contributed by atoms with Gasteiger partial charge in [-0.2, -0.15) is 0 Å². The van der Waals surface area contributed by atoms with Crippen LogP contribution in [0.1, 0.15) is 48.9 Å². The topological polar surface area (TPSA) is 41.0 Å². The van der Waals surface area contributed by atoms with Crippen LogP contribution in [-0.4, -0.2) is 34.0 Å². The van der Waals surface area contributed by atoms with Gasteiger partial charge in [-0.25, -0.2) is 9.97 Å². The first kappa shape index (κ1) is 24.7. The van der Waals surface area contributed by atoms with Crippen molar-refractivity contribution >= 4 is 27.6 Å². The Morgan fingerprint density at radius 1 is 1.03 bits per heavy atom. The highest BCUT2D eigenvalue weighted by Crippen LogP contribution is 2.42. The molecule has 1 atom stereocenters. The second-order valence-electron chi connectivity index (χ2n) is 9.76. The molecule has 36 heavy (non-hydrogen) atoms. The molecule has 184 valence electrons. The zero-order valence-electron chi connectivity index (χ0n) is 21.2. The molecule has 0 bridgehead atoms. The lowest BCUT2D eigenvalue weighted by Gasteiger charge is -2.27. The number of rotatable bonds is 8. The van der Waals surface area contributed by atoms with Gasteiger partial charge in [-0.05, 0) is 79.8 Å². The Labute approximate surface area is 222 Å². The Morgan fingerprint density at radius 3 is 2.58 bits per heavy atom. The van der Waals surface area contributed by atoms with Crippen LogP contribution in [0.25, 0.3) is 11.3 Å². The SMILES string of the molecule is CCN(CCc1ccc(Nc2ncc3c(n2)-c2ccccc2C(c2cccc(Br)c2)C3)cc1)C(C)C. The van der Waals surface area contributed by atoms with Crippen LogP contribution in [-0.2, 0) is 12.8 Å². The van der Waals surface area contributed by atoms with E-state index in [-0.39, 0.29) is 0 Å². The van der Waals surface area contributed by atoms with Gasteiger partial charge in [0, 0.05) is 40.4 Å². The third kappa shape index (κ3) is 5.37. The Balaban J connectivity index is 1.35. The number of nitrogens with one attached hydrogen (secondary N) is 1. The molecule has 1 N–H and O–H groups in total. The second-order valence-corrected chi connectivity index (χ2v) is 10.7. The first-order chi connectivity index (χ1) is 17.5. The van der Waals surface area contributed by atoms with Crippen LogP contribution in [0.4, 0.5) is 11.6 Å². The van der Waals surface area contributed by atoms with Gasteiger partial charge in [0.1, 0.15) is 0 Å². The van der Waals surface area contributed by atoms with E-state index >= 15 is 0 Å². The smallest absolute Gasteiger partial charge is 0.227 e. The number of anilines is 2. The lowest BCUT2D eigenvalue weighted by molar-refractivity contribution is 0.236. The quantitative estimate of drug-likeness (QED) is 0.249. The minimum atomic E-state index is 0.292. The molecule has 4 aromatic rings. The molecule has 0 radical (unpaired) electrons. The number of likely N-dealkylation sites (N-methyl/N-ethyl adjacent to an activating group) is 1. The third-order valence-corrected chi connectivity index (χ3v) is 7.66. The lowest BCUT2D eigenvalue weighted by atomic mass is 9.78. The molecule has 1 heterocycles. The summed E-state index contributed by atoms with van der Waals surface area (Å²) in [6.07, 6.45) is 3.94. The lowest BCUT2D eigenvalue weighted by Crippen LogP contribution is -2.32. The van der Waals surface area contributed by atoms with Gasteiger partial charge >= 0.3 is 0 Å². The predicted molar refractivity (Wildman–Crippen MR) is 153 cm³/mol. The molecule has 0 spiro atoms. The van der Waals surface area contributed by atoms with Gasteiger partial charge in [0.15, 0.2) is 0 Å². The number of hydrogen-bond acceptors (Lipinski definition) is 4. The molecule has 1 aliphatic rings. The van der Waals surface area contributed by atoms with E-state index in [1.807, 2.05) is 6.20 Å². The van der Waals surface area contributed by atoms with E-state index in [0.29, 0.717) is 17.9 Å². The predicted octanol–water partition coefficient (Wildman–Crippen LogP) is 7.61. The standard InChI is InChI=1S/C31H33BrN4/c1-4-36(21(2)3)17-16-22-12-14-26(15-13-22)34-31-33-20-24-19-29(23-8-7-9-25(32)18-23)27-10-5-6-11-28(27)30(24)35-31/h5-15,18,20-21,29H,4,16-17,19H2,1-3H3,(H,33,34,35). The van der Waals surface area contributed by atoms with Crippen LogP contribution in [0.3, 0.4) is 0 Å². The van der Waals surface area contributed by atoms with Gasteiger partial charge in [-0.3, -0.25) is 0 Å². The van der Waals surface area contributed by atoms with Crippen molar-refractivity contribution < 1.29 is 0 Å². The van der Waals surface area contributed by atoms with Gasteiger partial charge in [-0.1, -0.05) is 71.4 Å². The summed E-state index contributed by atoms with van der Waals surface area (Å²) in [5.41, 5.74) is 8.38. The highest BCUT2D eigenvalue weighted by Gasteiger charge is 2.27. The van der Waals surface area contributed by atoms with Crippen LogP contribution >= 0.6 is 15.9 Å². The number of aromatic nitrogens is 2. The molecule has 3 aromatic carbocycles. The summed E-state index contributed by atoms with van der Waals surface area (Å²) >= 11 is 3.63. The zero-order valence-corrected chi connectivity index (χ0v) is 22.8. The summed E-state index contributed by atoms with van der Waals surface area (Å²) in [4.78, 5) is 12.1. The molecule has 4 nitrogen and oxygen atoms in total. The fourth-order valence-electron chi connectivity index (χ4n) is 5.15. The second kappa shape index (κ2) is 10.9. The highest BCUT2D eigenvalue weighted by atomic mass is 79.9. The van der Waals surface area contributed by atoms with Crippen LogP contribution in [0.5, 0.6) is 0 Å². The molecular formula is C31H33BrN4. The van der Waals surface area contributed by atoms with Gasteiger partial charge in [0.25, 0.3) is 0 Å². The van der Waals surface area contributed by atoms with E-state index < -0.39 is 0 Å². The van der Waals surface area contributed by atoms with E-state index in [1.165, 1.54) is 27.8 Å². The van der Waals surface area contributed by atoms with Gasteiger partial charge < -0.3 is 10.2 Å². The maximum absolute atomic E-state index is 4.97. The molecule has 1 aliphatic carbocycles. The van der Waals surface area contributed by atoms with Gasteiger partial charge in [-0.15, -0.1) is 0 Å². The molecule has 1 unspecified atom stereocenters. The monoisotopic (exact) mass is 540 g/mol. The van der Waals surface area contributed by atoms with Crippen molar-refractivity contribution in [1.29, 1.82) is 0 Å². The van der Waals surface area contributed by atoms with Crippen molar-refractivity contribution in [3.63, 3.8) is 0 Å². The number of halogens is 1. The number of fused-ring (bicyclic) bond motifs is 3. The van der Waals surface area contributed by atoms with Gasteiger partial charge in [0.05, 0.1) is 5.69 Å². The molecule has 0 aliphatic heterocycles. The van der Waals surface area contributed by atoms with Crippen LogP contribution in [0.15, 0.2) is 83.5 Å². The van der Waals surface area contributed by atoms with Crippen molar-refractivity contribution in [2.24, 2.45) is 0 Å². The average Bonchev–Trinajstić information content (AvgIpc) is 2.89. The molecule has 0 fully saturated rings. The summed E-state index contributed by atoms with van der Waals surface area (Å²) in [6.45, 7) is 8.91. The maximum atomic E-state index is 4.97. The number of benzene rings is 3. The third-order valence-electron chi connectivity index (χ3n) is 7.17. The molecule has 0 saturated carbocycles. The Bertz CT molecular complexity index is 1330. The normalized spacial score (nSPS) is 14.6. The van der Waals surface area contributed by atoms with Crippen LogP contribution < -0.4 is 5.32 Å². The molecular weight excluding hydrogens is 508 g/mol. The molecule has 5 rings (SSSR count). The van der Waals surface area contributed by atoms with Crippen molar-refractivity contribution in [2.45, 2.75) is 45.6 Å². The first-order valence-electron chi connectivity index (χ1n) is 12.8. The molecule has 5 heteroatoms. The minimum Gasteiger partial charge on any atom is -0.324 e. The summed E-state index contributed by atoms with van der Waals surface area (Å²) in [5, 5.41) is 3.42. The van der Waals surface area contributed by atoms with Crippen molar-refractivity contribution in [3.8, 4) is 11.3 Å². The van der Waals surface area contributed by atoms with E-state index in [1.54, 1.807) is 0 Å². The largest absolute Gasteiger partial charge is 0.324 e. The van der Waals surface area contributed by atoms with E-state index in [4.69, 9.17) is 4.98 Å². The van der Waals surface area contributed by atoms with E-state index in [9.17, 15) is 0 Å². The summed E-state index contributed by atoms with van der Waals surface area (Å²) in [5.74, 6) is 0.926.